The number of morpholine rings is 1. The first-order valence-corrected chi connectivity index (χ1v) is 9.18. The number of hydrogen-bond donors (Lipinski definition) is 2. The van der Waals surface area contributed by atoms with Gasteiger partial charge < -0.3 is 25.0 Å². The van der Waals surface area contributed by atoms with E-state index in [0.717, 1.165) is 12.8 Å². The molecule has 1 aliphatic heterocycles. The van der Waals surface area contributed by atoms with Gasteiger partial charge in [-0.15, -0.1) is 0 Å². The lowest BCUT2D eigenvalue weighted by Crippen LogP contribution is -2.46. The van der Waals surface area contributed by atoms with Crippen LogP contribution in [0.2, 0.25) is 0 Å². The Morgan fingerprint density at radius 2 is 2.19 bits per heavy atom. The molecular weight excluding hydrogens is 354 g/mol. The van der Waals surface area contributed by atoms with E-state index in [4.69, 9.17) is 19.7 Å². The Morgan fingerprint density at radius 3 is 2.81 bits per heavy atom. The number of primary amides is 1. The van der Waals surface area contributed by atoms with Gasteiger partial charge in [0.25, 0.3) is 0 Å². The van der Waals surface area contributed by atoms with E-state index in [0.29, 0.717) is 25.4 Å². The summed E-state index contributed by atoms with van der Waals surface area (Å²) in [5.41, 5.74) is 4.63. The van der Waals surface area contributed by atoms with Crippen LogP contribution >= 0.6 is 0 Å². The summed E-state index contributed by atoms with van der Waals surface area (Å²) in [6, 6.07) is -1.65. The number of amides is 3. The van der Waals surface area contributed by atoms with Crippen LogP contribution in [-0.4, -0.2) is 52.5 Å². The Bertz CT molecular complexity index is 642. The Kier molecular flexibility index (Phi) is 7.00. The molecule has 3 N–H and O–H groups in total. The molecule has 0 aliphatic carbocycles. The standard InChI is InChI=1S/C17H29N5O5/c1-5-6-7-11(19-15(18)23)14-20-13(21-27-14)12-10-25-9-8-22(12)16(24)26-17(2,3)4/h11-12H,5-10H2,1-4H3,(H3,18,19,23)/t11-,12+/m0/s1. The molecule has 0 radical (unpaired) electrons. The maximum atomic E-state index is 12.5. The summed E-state index contributed by atoms with van der Waals surface area (Å²) in [7, 11) is 0. The maximum Gasteiger partial charge on any atom is 0.411 e. The number of carbonyl (C=O) groups is 2. The summed E-state index contributed by atoms with van der Waals surface area (Å²) in [6.07, 6.45) is 1.97. The minimum atomic E-state index is -0.660. The predicted octanol–water partition coefficient (Wildman–Crippen LogP) is 2.28. The van der Waals surface area contributed by atoms with Crippen LogP contribution in [0.5, 0.6) is 0 Å². The van der Waals surface area contributed by atoms with Gasteiger partial charge >= 0.3 is 12.1 Å². The van der Waals surface area contributed by atoms with Crippen molar-refractivity contribution in [2.75, 3.05) is 19.8 Å². The molecule has 3 amide bonds. The van der Waals surface area contributed by atoms with Crippen molar-refractivity contribution in [3.05, 3.63) is 11.7 Å². The second kappa shape index (κ2) is 9.03. The quantitative estimate of drug-likeness (QED) is 0.770. The molecule has 1 aliphatic rings. The Hall–Kier alpha value is -2.36. The first-order chi connectivity index (χ1) is 12.7. The van der Waals surface area contributed by atoms with E-state index in [-0.39, 0.29) is 12.5 Å². The monoisotopic (exact) mass is 383 g/mol. The highest BCUT2D eigenvalue weighted by molar-refractivity contribution is 5.72. The van der Waals surface area contributed by atoms with Gasteiger partial charge in [0, 0.05) is 6.54 Å². The number of nitrogens with two attached hydrogens (primary N) is 1. The molecule has 1 saturated heterocycles. The van der Waals surface area contributed by atoms with Crippen LogP contribution in [0.3, 0.4) is 0 Å². The average molecular weight is 383 g/mol. The normalized spacial score (nSPS) is 18.8. The van der Waals surface area contributed by atoms with Crippen LogP contribution < -0.4 is 11.1 Å². The lowest BCUT2D eigenvalue weighted by atomic mass is 10.1. The Balaban J connectivity index is 2.17. The van der Waals surface area contributed by atoms with Gasteiger partial charge in [0.05, 0.1) is 13.2 Å². The molecule has 2 rings (SSSR count). The summed E-state index contributed by atoms with van der Waals surface area (Å²) in [5, 5.41) is 6.62. The molecule has 1 aromatic rings. The van der Waals surface area contributed by atoms with Crippen LogP contribution in [-0.2, 0) is 9.47 Å². The largest absolute Gasteiger partial charge is 0.444 e. The minimum absolute atomic E-state index is 0.237. The molecule has 2 heterocycles. The topological polar surface area (TPSA) is 133 Å². The van der Waals surface area contributed by atoms with Gasteiger partial charge in [-0.2, -0.15) is 4.98 Å². The molecular formula is C17H29N5O5. The predicted molar refractivity (Wildman–Crippen MR) is 95.8 cm³/mol. The van der Waals surface area contributed by atoms with Gasteiger partial charge in [-0.25, -0.2) is 9.59 Å². The van der Waals surface area contributed by atoms with Crippen molar-refractivity contribution < 1.29 is 23.6 Å². The van der Waals surface area contributed by atoms with Gasteiger partial charge in [0.1, 0.15) is 17.7 Å². The highest BCUT2D eigenvalue weighted by Crippen LogP contribution is 2.26. The number of hydrogen-bond acceptors (Lipinski definition) is 7. The van der Waals surface area contributed by atoms with E-state index in [9.17, 15) is 9.59 Å². The van der Waals surface area contributed by atoms with E-state index >= 15 is 0 Å². The summed E-state index contributed by atoms with van der Waals surface area (Å²) in [4.78, 5) is 29.7. The molecule has 0 aromatic carbocycles. The Morgan fingerprint density at radius 1 is 1.44 bits per heavy atom. The molecule has 10 nitrogen and oxygen atoms in total. The van der Waals surface area contributed by atoms with Crippen LogP contribution in [0, 0.1) is 0 Å². The van der Waals surface area contributed by atoms with Crippen LogP contribution in [0.1, 0.15) is 70.8 Å². The van der Waals surface area contributed by atoms with E-state index in [2.05, 4.69) is 15.5 Å². The lowest BCUT2D eigenvalue weighted by Gasteiger charge is -2.34. The smallest absolute Gasteiger partial charge is 0.411 e. The molecule has 152 valence electrons. The highest BCUT2D eigenvalue weighted by atomic mass is 16.6. The summed E-state index contributed by atoms with van der Waals surface area (Å²) >= 11 is 0. The lowest BCUT2D eigenvalue weighted by molar-refractivity contribution is -0.0354. The van der Waals surface area contributed by atoms with Crippen LogP contribution in [0.15, 0.2) is 4.52 Å². The Labute approximate surface area is 158 Å². The van der Waals surface area contributed by atoms with Crippen LogP contribution in [0.4, 0.5) is 9.59 Å². The molecule has 0 bridgehead atoms. The molecule has 0 spiro atoms. The van der Waals surface area contributed by atoms with Crippen molar-refractivity contribution in [2.24, 2.45) is 5.73 Å². The number of nitrogens with one attached hydrogen (secondary N) is 1. The summed E-state index contributed by atoms with van der Waals surface area (Å²) < 4.78 is 16.3. The fourth-order valence-electron chi connectivity index (χ4n) is 2.72. The van der Waals surface area contributed by atoms with Gasteiger partial charge in [-0.05, 0) is 27.2 Å². The second-order valence-corrected chi connectivity index (χ2v) is 7.46. The number of urea groups is 1. The van der Waals surface area contributed by atoms with E-state index in [1.807, 2.05) is 6.92 Å². The van der Waals surface area contributed by atoms with Crippen molar-refractivity contribution >= 4 is 12.1 Å². The fraction of sp³-hybridized carbons (Fsp3) is 0.765. The molecule has 0 unspecified atom stereocenters. The summed E-state index contributed by atoms with van der Waals surface area (Å²) in [6.45, 7) is 8.46. The number of aromatic nitrogens is 2. The number of carbonyl (C=O) groups excluding carboxylic acids is 2. The van der Waals surface area contributed by atoms with Crippen molar-refractivity contribution in [3.63, 3.8) is 0 Å². The van der Waals surface area contributed by atoms with Crippen molar-refractivity contribution in [1.82, 2.24) is 20.4 Å². The number of rotatable bonds is 6. The number of unbranched alkanes of at least 4 members (excludes halogenated alkanes) is 1. The van der Waals surface area contributed by atoms with Gasteiger partial charge in [-0.1, -0.05) is 24.9 Å². The molecule has 1 aromatic heterocycles. The first-order valence-electron chi connectivity index (χ1n) is 9.18. The van der Waals surface area contributed by atoms with E-state index in [1.165, 1.54) is 4.90 Å². The third-order valence-electron chi connectivity index (χ3n) is 3.97. The highest BCUT2D eigenvalue weighted by Gasteiger charge is 2.35. The van der Waals surface area contributed by atoms with Crippen molar-refractivity contribution in [2.45, 2.75) is 64.6 Å². The van der Waals surface area contributed by atoms with Gasteiger partial charge in [-0.3, -0.25) is 4.90 Å². The average Bonchev–Trinajstić information content (AvgIpc) is 3.06. The minimum Gasteiger partial charge on any atom is -0.444 e. The van der Waals surface area contributed by atoms with Crippen molar-refractivity contribution in [3.8, 4) is 0 Å². The van der Waals surface area contributed by atoms with E-state index < -0.39 is 29.8 Å². The van der Waals surface area contributed by atoms with Gasteiger partial charge in [0.15, 0.2) is 5.82 Å². The third-order valence-corrected chi connectivity index (χ3v) is 3.97. The first kappa shape index (κ1) is 20.9. The summed E-state index contributed by atoms with van der Waals surface area (Å²) in [5.74, 6) is 0.565. The SMILES string of the molecule is CCCC[C@H](NC(N)=O)c1nc([C@H]2COCCN2C(=O)OC(C)(C)C)no1. The van der Waals surface area contributed by atoms with E-state index in [1.54, 1.807) is 20.8 Å². The van der Waals surface area contributed by atoms with Crippen LogP contribution in [0.25, 0.3) is 0 Å². The fourth-order valence-corrected chi connectivity index (χ4v) is 2.72. The number of ether oxygens (including phenoxy) is 2. The molecule has 10 heteroatoms. The molecule has 2 atom stereocenters. The molecule has 0 saturated carbocycles. The molecule has 1 fully saturated rings. The van der Waals surface area contributed by atoms with Crippen molar-refractivity contribution in [1.29, 1.82) is 0 Å². The zero-order chi connectivity index (χ0) is 20.0. The zero-order valence-electron chi connectivity index (χ0n) is 16.4. The number of nitrogens with zero attached hydrogens (tertiary/aromatic N) is 3. The third kappa shape index (κ3) is 6.09. The molecule has 27 heavy (non-hydrogen) atoms. The zero-order valence-corrected chi connectivity index (χ0v) is 16.4. The maximum absolute atomic E-state index is 12.5. The second-order valence-electron chi connectivity index (χ2n) is 7.46. The van der Waals surface area contributed by atoms with Gasteiger partial charge in [0.2, 0.25) is 5.89 Å².